The molecular formula is C30H34N4O4. The Morgan fingerprint density at radius 3 is 2.24 bits per heavy atom. The SMILES string of the molecule is CCOC(=O)c1c(C)nc(-c2ccccc2)nc1C(=O)N1CCN(C(=O)C(CC)c2ccccc2)C(C)C1. The first-order valence-electron chi connectivity index (χ1n) is 13.1. The molecule has 2 amide bonds. The van der Waals surface area contributed by atoms with Crippen LogP contribution in [0.3, 0.4) is 0 Å². The third-order valence-electron chi connectivity index (χ3n) is 6.91. The van der Waals surface area contributed by atoms with Gasteiger partial charge in [-0.05, 0) is 32.8 Å². The number of nitrogens with zero attached hydrogens (tertiary/aromatic N) is 4. The van der Waals surface area contributed by atoms with Gasteiger partial charge >= 0.3 is 5.97 Å². The number of esters is 1. The van der Waals surface area contributed by atoms with Gasteiger partial charge in [0.15, 0.2) is 5.82 Å². The molecule has 2 heterocycles. The van der Waals surface area contributed by atoms with Crippen molar-refractivity contribution in [2.75, 3.05) is 26.2 Å². The van der Waals surface area contributed by atoms with Gasteiger partial charge in [-0.25, -0.2) is 14.8 Å². The minimum Gasteiger partial charge on any atom is -0.462 e. The molecule has 0 saturated carbocycles. The van der Waals surface area contributed by atoms with Crippen LogP contribution in [0.4, 0.5) is 0 Å². The predicted octanol–water partition coefficient (Wildman–Crippen LogP) is 4.50. The zero-order chi connectivity index (χ0) is 27.2. The van der Waals surface area contributed by atoms with Crippen molar-refractivity contribution in [1.29, 1.82) is 0 Å². The smallest absolute Gasteiger partial charge is 0.342 e. The molecule has 8 nitrogen and oxygen atoms in total. The highest BCUT2D eigenvalue weighted by Crippen LogP contribution is 2.26. The molecule has 0 spiro atoms. The number of aromatic nitrogens is 2. The minimum atomic E-state index is -0.622. The zero-order valence-corrected chi connectivity index (χ0v) is 22.4. The summed E-state index contributed by atoms with van der Waals surface area (Å²) in [4.78, 5) is 52.7. The summed E-state index contributed by atoms with van der Waals surface area (Å²) >= 11 is 0. The van der Waals surface area contributed by atoms with Gasteiger partial charge in [-0.3, -0.25) is 9.59 Å². The third-order valence-corrected chi connectivity index (χ3v) is 6.91. The average Bonchev–Trinajstić information content (AvgIpc) is 2.93. The number of ether oxygens (including phenoxy) is 1. The van der Waals surface area contributed by atoms with Crippen molar-refractivity contribution >= 4 is 17.8 Å². The van der Waals surface area contributed by atoms with Crippen molar-refractivity contribution < 1.29 is 19.1 Å². The van der Waals surface area contributed by atoms with Crippen LogP contribution in [0.2, 0.25) is 0 Å². The number of carbonyl (C=O) groups excluding carboxylic acids is 3. The van der Waals surface area contributed by atoms with E-state index in [0.29, 0.717) is 37.6 Å². The van der Waals surface area contributed by atoms with E-state index in [1.165, 1.54) is 0 Å². The number of hydrogen-bond acceptors (Lipinski definition) is 6. The molecule has 1 saturated heterocycles. The number of rotatable bonds is 7. The fourth-order valence-electron chi connectivity index (χ4n) is 4.95. The standard InChI is InChI=1S/C30H34N4O4/c1-5-24(22-13-9-7-10-14-22)28(35)34-18-17-33(19-20(34)3)29(36)26-25(30(37)38-6-2)21(4)31-27(32-26)23-15-11-8-12-16-23/h7-16,20,24H,5-6,17-19H2,1-4H3. The molecule has 2 atom stereocenters. The second kappa shape index (κ2) is 12.0. The highest BCUT2D eigenvalue weighted by atomic mass is 16.5. The van der Waals surface area contributed by atoms with Gasteiger partial charge in [0.25, 0.3) is 5.91 Å². The Labute approximate surface area is 223 Å². The molecule has 0 N–H and O–H groups in total. The lowest BCUT2D eigenvalue weighted by molar-refractivity contribution is -0.137. The van der Waals surface area contributed by atoms with Gasteiger partial charge in [0.1, 0.15) is 11.3 Å². The summed E-state index contributed by atoms with van der Waals surface area (Å²) in [5, 5.41) is 0. The van der Waals surface area contributed by atoms with Crippen molar-refractivity contribution in [3.63, 3.8) is 0 Å². The Balaban J connectivity index is 1.60. The Morgan fingerprint density at radius 2 is 1.63 bits per heavy atom. The first-order valence-corrected chi connectivity index (χ1v) is 13.1. The molecule has 0 aliphatic carbocycles. The first-order chi connectivity index (χ1) is 18.3. The minimum absolute atomic E-state index is 0.0255. The van der Waals surface area contributed by atoms with E-state index < -0.39 is 5.97 Å². The quantitative estimate of drug-likeness (QED) is 0.431. The molecule has 8 heteroatoms. The van der Waals surface area contributed by atoms with Gasteiger partial charge in [-0.1, -0.05) is 67.6 Å². The van der Waals surface area contributed by atoms with Gasteiger partial charge in [-0.15, -0.1) is 0 Å². The number of benzene rings is 2. The molecular weight excluding hydrogens is 480 g/mol. The highest BCUT2D eigenvalue weighted by Gasteiger charge is 2.36. The second-order valence-corrected chi connectivity index (χ2v) is 9.45. The Bertz CT molecular complexity index is 1300. The van der Waals surface area contributed by atoms with Crippen LogP contribution >= 0.6 is 0 Å². The van der Waals surface area contributed by atoms with Crippen molar-refractivity contribution in [2.45, 2.75) is 46.1 Å². The topological polar surface area (TPSA) is 92.7 Å². The highest BCUT2D eigenvalue weighted by molar-refractivity contribution is 6.05. The van der Waals surface area contributed by atoms with Gasteiger partial charge in [0, 0.05) is 31.2 Å². The van der Waals surface area contributed by atoms with Crippen molar-refractivity contribution in [3.8, 4) is 11.4 Å². The maximum atomic E-state index is 13.8. The van der Waals surface area contributed by atoms with E-state index in [4.69, 9.17) is 4.74 Å². The summed E-state index contributed by atoms with van der Waals surface area (Å²) in [5.41, 5.74) is 2.23. The summed E-state index contributed by atoms with van der Waals surface area (Å²) < 4.78 is 5.24. The monoisotopic (exact) mass is 514 g/mol. The fourth-order valence-corrected chi connectivity index (χ4v) is 4.95. The molecule has 1 aliphatic heterocycles. The summed E-state index contributed by atoms with van der Waals surface area (Å²) in [6.07, 6.45) is 0.695. The van der Waals surface area contributed by atoms with Crippen molar-refractivity contribution in [3.05, 3.63) is 83.2 Å². The lowest BCUT2D eigenvalue weighted by Gasteiger charge is -2.41. The van der Waals surface area contributed by atoms with E-state index in [0.717, 1.165) is 11.1 Å². The predicted molar refractivity (Wildman–Crippen MR) is 145 cm³/mol. The maximum absolute atomic E-state index is 13.8. The second-order valence-electron chi connectivity index (χ2n) is 9.45. The van der Waals surface area contributed by atoms with Crippen molar-refractivity contribution in [1.82, 2.24) is 19.8 Å². The third kappa shape index (κ3) is 5.59. The molecule has 1 aromatic heterocycles. The molecule has 3 aromatic rings. The van der Waals surface area contributed by atoms with Gasteiger partial charge in [0.05, 0.1) is 18.2 Å². The number of amides is 2. The normalized spacial score (nSPS) is 16.2. The maximum Gasteiger partial charge on any atom is 0.342 e. The molecule has 0 radical (unpaired) electrons. The summed E-state index contributed by atoms with van der Waals surface area (Å²) in [6.45, 7) is 8.60. The largest absolute Gasteiger partial charge is 0.462 e. The van der Waals surface area contributed by atoms with E-state index >= 15 is 0 Å². The van der Waals surface area contributed by atoms with Crippen LogP contribution in [0.5, 0.6) is 0 Å². The number of piperazine rings is 1. The van der Waals surface area contributed by atoms with Crippen LogP contribution in [0.25, 0.3) is 11.4 Å². The van der Waals surface area contributed by atoms with Crippen LogP contribution in [0, 0.1) is 6.92 Å². The zero-order valence-electron chi connectivity index (χ0n) is 22.4. The molecule has 2 aromatic carbocycles. The Kier molecular flexibility index (Phi) is 8.51. The van der Waals surface area contributed by atoms with E-state index in [2.05, 4.69) is 9.97 Å². The molecule has 2 unspecified atom stereocenters. The van der Waals surface area contributed by atoms with Gasteiger partial charge in [-0.2, -0.15) is 0 Å². The van der Waals surface area contributed by atoms with Crippen LogP contribution in [0.15, 0.2) is 60.7 Å². The van der Waals surface area contributed by atoms with Gasteiger partial charge in [0.2, 0.25) is 5.91 Å². The molecule has 198 valence electrons. The van der Waals surface area contributed by atoms with E-state index in [1.54, 1.807) is 18.7 Å². The van der Waals surface area contributed by atoms with E-state index in [-0.39, 0.29) is 41.6 Å². The first kappa shape index (κ1) is 27.0. The number of carbonyl (C=O) groups is 3. The summed E-state index contributed by atoms with van der Waals surface area (Å²) in [7, 11) is 0. The van der Waals surface area contributed by atoms with E-state index in [1.807, 2.05) is 79.4 Å². The Hall–Kier alpha value is -4.07. The lowest BCUT2D eigenvalue weighted by Crippen LogP contribution is -2.56. The van der Waals surface area contributed by atoms with Crippen LogP contribution in [-0.2, 0) is 9.53 Å². The van der Waals surface area contributed by atoms with Crippen molar-refractivity contribution in [2.24, 2.45) is 0 Å². The number of aryl methyl sites for hydroxylation is 1. The molecule has 0 bridgehead atoms. The average molecular weight is 515 g/mol. The molecule has 4 rings (SSSR count). The molecule has 1 aliphatic rings. The van der Waals surface area contributed by atoms with Gasteiger partial charge < -0.3 is 14.5 Å². The fraction of sp³-hybridized carbons (Fsp3) is 0.367. The molecule has 1 fully saturated rings. The summed E-state index contributed by atoms with van der Waals surface area (Å²) in [5.74, 6) is -0.785. The van der Waals surface area contributed by atoms with Crippen LogP contribution in [-0.4, -0.2) is 69.8 Å². The van der Waals surface area contributed by atoms with Crippen LogP contribution in [0.1, 0.15) is 65.2 Å². The van der Waals surface area contributed by atoms with Crippen LogP contribution < -0.4 is 0 Å². The Morgan fingerprint density at radius 1 is 0.974 bits per heavy atom. The van der Waals surface area contributed by atoms with E-state index in [9.17, 15) is 14.4 Å². The lowest BCUT2D eigenvalue weighted by atomic mass is 9.94. The number of hydrogen-bond donors (Lipinski definition) is 0. The summed E-state index contributed by atoms with van der Waals surface area (Å²) in [6, 6.07) is 18.9. The molecule has 38 heavy (non-hydrogen) atoms.